The topological polar surface area (TPSA) is 91.1 Å². The molecule has 6 nitrogen and oxygen atoms in total. The fraction of sp³-hybridized carbons (Fsp3) is 0.278. The van der Waals surface area contributed by atoms with Crippen molar-refractivity contribution >= 4 is 29.3 Å². The summed E-state index contributed by atoms with van der Waals surface area (Å²) < 4.78 is 0. The van der Waals surface area contributed by atoms with E-state index in [0.29, 0.717) is 5.56 Å². The quantitative estimate of drug-likeness (QED) is 0.782. The van der Waals surface area contributed by atoms with Crippen molar-refractivity contribution in [2.24, 2.45) is 0 Å². The standard InChI is InChI=1S/C18H19N3O3S/c1-10-7-11(2)20-17(23)12(10)9-19-16(22)8-15-18(24)21-13-5-3-4-6-14(13)25-15/h3-7,15H,8-9H2,1-2H3,(H,19,22)(H,20,23)(H,21,24)/t15-/m0/s1. The summed E-state index contributed by atoms with van der Waals surface area (Å²) in [5.74, 6) is -0.436. The van der Waals surface area contributed by atoms with Gasteiger partial charge in [0.2, 0.25) is 11.8 Å². The number of benzene rings is 1. The van der Waals surface area contributed by atoms with E-state index in [1.807, 2.05) is 44.2 Å². The van der Waals surface area contributed by atoms with E-state index in [1.54, 1.807) is 0 Å². The molecule has 0 fully saturated rings. The van der Waals surface area contributed by atoms with E-state index in [4.69, 9.17) is 0 Å². The van der Waals surface area contributed by atoms with Crippen molar-refractivity contribution < 1.29 is 9.59 Å². The highest BCUT2D eigenvalue weighted by Crippen LogP contribution is 2.36. The molecule has 3 rings (SSSR count). The highest BCUT2D eigenvalue weighted by atomic mass is 32.2. The van der Waals surface area contributed by atoms with Crippen LogP contribution in [0.25, 0.3) is 0 Å². The fourth-order valence-electron chi connectivity index (χ4n) is 2.76. The third kappa shape index (κ3) is 3.93. The number of aryl methyl sites for hydroxylation is 2. The second kappa shape index (κ2) is 7.14. The van der Waals surface area contributed by atoms with Crippen LogP contribution in [-0.2, 0) is 16.1 Å². The molecular weight excluding hydrogens is 338 g/mol. The number of pyridine rings is 1. The molecular formula is C18H19N3O3S. The maximum atomic E-state index is 12.2. The van der Waals surface area contributed by atoms with Gasteiger partial charge in [0.15, 0.2) is 0 Å². The normalized spacial score (nSPS) is 16.1. The Morgan fingerprint density at radius 3 is 2.76 bits per heavy atom. The number of H-pyrrole nitrogens is 1. The van der Waals surface area contributed by atoms with Gasteiger partial charge in [0.25, 0.3) is 5.56 Å². The second-order valence-corrected chi connectivity index (χ2v) is 7.26. The molecule has 0 radical (unpaired) electrons. The summed E-state index contributed by atoms with van der Waals surface area (Å²) in [6, 6.07) is 9.37. The Bertz CT molecular complexity index is 891. The molecule has 2 heterocycles. The van der Waals surface area contributed by atoms with E-state index < -0.39 is 5.25 Å². The Morgan fingerprint density at radius 2 is 2.00 bits per heavy atom. The summed E-state index contributed by atoms with van der Waals surface area (Å²) in [5.41, 5.74) is 2.73. The zero-order valence-corrected chi connectivity index (χ0v) is 14.8. The van der Waals surface area contributed by atoms with Gasteiger partial charge in [0, 0.05) is 29.1 Å². The van der Waals surface area contributed by atoms with Crippen LogP contribution in [0.1, 0.15) is 23.2 Å². The zero-order chi connectivity index (χ0) is 18.0. The Labute approximate surface area is 149 Å². The van der Waals surface area contributed by atoms with Gasteiger partial charge in [-0.2, -0.15) is 0 Å². The van der Waals surface area contributed by atoms with Gasteiger partial charge in [-0.1, -0.05) is 12.1 Å². The summed E-state index contributed by atoms with van der Waals surface area (Å²) >= 11 is 1.38. The van der Waals surface area contributed by atoms with Crippen molar-refractivity contribution in [3.8, 4) is 0 Å². The van der Waals surface area contributed by atoms with E-state index >= 15 is 0 Å². The van der Waals surface area contributed by atoms with Crippen LogP contribution in [0.2, 0.25) is 0 Å². The van der Waals surface area contributed by atoms with E-state index in [1.165, 1.54) is 11.8 Å². The number of thioether (sulfide) groups is 1. The number of anilines is 1. The van der Waals surface area contributed by atoms with Crippen molar-refractivity contribution in [3.63, 3.8) is 0 Å². The monoisotopic (exact) mass is 357 g/mol. The first-order chi connectivity index (χ1) is 11.9. The van der Waals surface area contributed by atoms with Gasteiger partial charge in [0.05, 0.1) is 10.9 Å². The Balaban J connectivity index is 1.62. The van der Waals surface area contributed by atoms with Gasteiger partial charge in [-0.05, 0) is 37.6 Å². The number of carbonyl (C=O) groups excluding carboxylic acids is 2. The van der Waals surface area contributed by atoms with Crippen LogP contribution < -0.4 is 16.2 Å². The summed E-state index contributed by atoms with van der Waals surface area (Å²) in [6.45, 7) is 3.80. The highest BCUT2D eigenvalue weighted by molar-refractivity contribution is 8.01. The predicted molar refractivity (Wildman–Crippen MR) is 97.7 cm³/mol. The first-order valence-electron chi connectivity index (χ1n) is 7.96. The molecule has 1 aromatic heterocycles. The van der Waals surface area contributed by atoms with E-state index in [9.17, 15) is 14.4 Å². The number of amides is 2. The first-order valence-corrected chi connectivity index (χ1v) is 8.84. The Kier molecular flexibility index (Phi) is 4.94. The van der Waals surface area contributed by atoms with Crippen LogP contribution in [0.3, 0.4) is 0 Å². The summed E-state index contributed by atoms with van der Waals surface area (Å²) in [4.78, 5) is 40.0. The zero-order valence-electron chi connectivity index (χ0n) is 14.0. The summed E-state index contributed by atoms with van der Waals surface area (Å²) in [5, 5.41) is 5.08. The molecule has 1 atom stereocenters. The van der Waals surface area contributed by atoms with Crippen molar-refractivity contribution in [1.82, 2.24) is 10.3 Å². The van der Waals surface area contributed by atoms with Crippen LogP contribution >= 0.6 is 11.8 Å². The minimum atomic E-state index is -0.479. The van der Waals surface area contributed by atoms with Crippen molar-refractivity contribution in [1.29, 1.82) is 0 Å². The highest BCUT2D eigenvalue weighted by Gasteiger charge is 2.28. The van der Waals surface area contributed by atoms with Gasteiger partial charge < -0.3 is 15.6 Å². The molecule has 7 heteroatoms. The number of aromatic nitrogens is 1. The van der Waals surface area contributed by atoms with Crippen molar-refractivity contribution in [3.05, 3.63) is 57.5 Å². The van der Waals surface area contributed by atoms with Crippen LogP contribution in [0.5, 0.6) is 0 Å². The van der Waals surface area contributed by atoms with E-state index in [0.717, 1.165) is 21.8 Å². The minimum Gasteiger partial charge on any atom is -0.352 e. The SMILES string of the molecule is Cc1cc(C)c(CNC(=O)C[C@@H]2Sc3ccccc3NC2=O)c(=O)[nH]1. The van der Waals surface area contributed by atoms with Gasteiger partial charge >= 0.3 is 0 Å². The molecule has 1 aliphatic heterocycles. The summed E-state index contributed by atoms with van der Waals surface area (Å²) in [6.07, 6.45) is 0.0631. The van der Waals surface area contributed by atoms with E-state index in [2.05, 4.69) is 15.6 Å². The molecule has 3 N–H and O–H groups in total. The molecule has 2 amide bonds. The molecule has 1 aliphatic rings. The maximum absolute atomic E-state index is 12.2. The second-order valence-electron chi connectivity index (χ2n) is 6.02. The molecule has 0 saturated carbocycles. The van der Waals surface area contributed by atoms with Crippen molar-refractivity contribution in [2.45, 2.75) is 37.0 Å². The first kappa shape index (κ1) is 17.3. The molecule has 0 unspecified atom stereocenters. The van der Waals surface area contributed by atoms with Crippen molar-refractivity contribution in [2.75, 3.05) is 5.32 Å². The predicted octanol–water partition coefficient (Wildman–Crippen LogP) is 2.11. The lowest BCUT2D eigenvalue weighted by Crippen LogP contribution is -2.35. The molecule has 0 bridgehead atoms. The third-order valence-electron chi connectivity index (χ3n) is 4.03. The number of para-hydroxylation sites is 1. The number of nitrogens with one attached hydrogen (secondary N) is 3. The van der Waals surface area contributed by atoms with Crippen LogP contribution in [0, 0.1) is 13.8 Å². The number of rotatable bonds is 4. The average Bonchev–Trinajstić information content (AvgIpc) is 2.54. The van der Waals surface area contributed by atoms with Gasteiger partial charge in [-0.15, -0.1) is 11.8 Å². The number of aromatic amines is 1. The Hall–Kier alpha value is -2.54. The van der Waals surface area contributed by atoms with E-state index in [-0.39, 0.29) is 30.3 Å². The summed E-state index contributed by atoms with van der Waals surface area (Å²) in [7, 11) is 0. The fourth-order valence-corrected chi connectivity index (χ4v) is 3.87. The third-order valence-corrected chi connectivity index (χ3v) is 5.31. The smallest absolute Gasteiger partial charge is 0.253 e. The molecule has 1 aromatic carbocycles. The van der Waals surface area contributed by atoms with Crippen LogP contribution in [-0.4, -0.2) is 22.0 Å². The lowest BCUT2D eigenvalue weighted by atomic mass is 10.1. The van der Waals surface area contributed by atoms with Gasteiger partial charge in [-0.25, -0.2) is 0 Å². The molecule has 2 aromatic rings. The Morgan fingerprint density at radius 1 is 1.24 bits per heavy atom. The van der Waals surface area contributed by atoms with Crippen LogP contribution in [0.15, 0.2) is 40.0 Å². The number of carbonyl (C=O) groups is 2. The van der Waals surface area contributed by atoms with Gasteiger partial charge in [0.1, 0.15) is 0 Å². The lowest BCUT2D eigenvalue weighted by Gasteiger charge is -2.23. The number of fused-ring (bicyclic) bond motifs is 1. The molecule has 25 heavy (non-hydrogen) atoms. The number of hydrogen-bond acceptors (Lipinski definition) is 4. The van der Waals surface area contributed by atoms with Crippen LogP contribution in [0.4, 0.5) is 5.69 Å². The maximum Gasteiger partial charge on any atom is 0.253 e. The minimum absolute atomic E-state index is 0.0631. The number of hydrogen-bond donors (Lipinski definition) is 3. The van der Waals surface area contributed by atoms with Gasteiger partial charge in [-0.3, -0.25) is 14.4 Å². The average molecular weight is 357 g/mol. The molecule has 130 valence electrons. The largest absolute Gasteiger partial charge is 0.352 e. The molecule has 0 saturated heterocycles. The lowest BCUT2D eigenvalue weighted by molar-refractivity contribution is -0.124. The molecule has 0 aliphatic carbocycles. The molecule has 0 spiro atoms.